The third kappa shape index (κ3) is 8.67. The molecule has 8 heteroatoms. The van der Waals surface area contributed by atoms with Gasteiger partial charge in [0.2, 0.25) is 0 Å². The van der Waals surface area contributed by atoms with E-state index < -0.39 is 5.60 Å². The quantitative estimate of drug-likeness (QED) is 0.354. The fraction of sp³-hybridized carbons (Fsp3) is 0.619. The highest BCUT2D eigenvalue weighted by atomic mass is 127. The van der Waals surface area contributed by atoms with E-state index in [0.717, 1.165) is 49.7 Å². The molecule has 0 atom stereocenters. The Hall–Kier alpha value is -1.71. The number of ether oxygens (including phenoxy) is 2. The normalized spacial score (nSPS) is 15.3. The molecule has 0 bridgehead atoms. The molecule has 0 radical (unpaired) electrons. The van der Waals surface area contributed by atoms with Crippen LogP contribution in [0, 0.1) is 5.92 Å². The number of nitrogens with one attached hydrogen (secondary N) is 2. The minimum absolute atomic E-state index is 0. The van der Waals surface area contributed by atoms with Crippen molar-refractivity contribution in [2.75, 3.05) is 33.8 Å². The maximum absolute atomic E-state index is 12.2. The van der Waals surface area contributed by atoms with Crippen LogP contribution in [0.5, 0.6) is 5.75 Å². The number of aliphatic imine (C=N–C) groups is 1. The van der Waals surface area contributed by atoms with Crippen LogP contribution in [0.15, 0.2) is 29.3 Å². The molecule has 29 heavy (non-hydrogen) atoms. The number of piperidine rings is 1. The molecule has 1 fully saturated rings. The molecule has 0 unspecified atom stereocenters. The number of likely N-dealkylation sites (tertiary alicyclic amines) is 1. The van der Waals surface area contributed by atoms with Gasteiger partial charge < -0.3 is 25.0 Å². The van der Waals surface area contributed by atoms with E-state index in [0.29, 0.717) is 12.5 Å². The zero-order valence-corrected chi connectivity index (χ0v) is 20.5. The minimum atomic E-state index is -0.449. The number of rotatable bonds is 5. The summed E-state index contributed by atoms with van der Waals surface area (Å²) in [5.41, 5.74) is 0.633. The number of carbonyl (C=O) groups is 1. The fourth-order valence-corrected chi connectivity index (χ4v) is 3.14. The number of benzene rings is 1. The number of guanidine groups is 1. The Morgan fingerprint density at radius 1 is 1.21 bits per heavy atom. The first-order chi connectivity index (χ1) is 13.3. The third-order valence-electron chi connectivity index (χ3n) is 4.69. The van der Waals surface area contributed by atoms with Crippen molar-refractivity contribution in [3.05, 3.63) is 29.8 Å². The van der Waals surface area contributed by atoms with Crippen LogP contribution in [-0.2, 0) is 11.3 Å². The predicted molar refractivity (Wildman–Crippen MR) is 127 cm³/mol. The zero-order valence-electron chi connectivity index (χ0n) is 18.2. The van der Waals surface area contributed by atoms with Crippen LogP contribution < -0.4 is 15.4 Å². The van der Waals surface area contributed by atoms with Crippen LogP contribution in [-0.4, -0.2) is 56.3 Å². The lowest BCUT2D eigenvalue weighted by Gasteiger charge is -2.33. The molecule has 0 aromatic heterocycles. The molecule has 1 aromatic carbocycles. The lowest BCUT2D eigenvalue weighted by atomic mass is 9.97. The van der Waals surface area contributed by atoms with Gasteiger partial charge in [-0.3, -0.25) is 4.99 Å². The first-order valence-electron chi connectivity index (χ1n) is 9.86. The van der Waals surface area contributed by atoms with E-state index in [1.165, 1.54) is 0 Å². The Bertz CT molecular complexity index is 668. The number of hydrogen-bond acceptors (Lipinski definition) is 4. The van der Waals surface area contributed by atoms with Crippen LogP contribution >= 0.6 is 24.0 Å². The highest BCUT2D eigenvalue weighted by molar-refractivity contribution is 14.0. The lowest BCUT2D eigenvalue weighted by Crippen LogP contribution is -2.45. The van der Waals surface area contributed by atoms with Crippen molar-refractivity contribution in [1.29, 1.82) is 0 Å². The Balaban J connectivity index is 0.00000420. The van der Waals surface area contributed by atoms with Crippen molar-refractivity contribution < 1.29 is 14.3 Å². The summed E-state index contributed by atoms with van der Waals surface area (Å²) in [5.74, 6) is 2.13. The molecule has 0 aliphatic carbocycles. The number of halogens is 1. The van der Waals surface area contributed by atoms with Gasteiger partial charge in [-0.05, 0) is 45.6 Å². The topological polar surface area (TPSA) is 75.2 Å². The monoisotopic (exact) mass is 518 g/mol. The molecular weight excluding hydrogens is 483 g/mol. The summed E-state index contributed by atoms with van der Waals surface area (Å²) in [6.45, 7) is 8.61. The molecule has 1 aromatic rings. The molecular formula is C21H35IN4O3. The van der Waals surface area contributed by atoms with Gasteiger partial charge in [-0.25, -0.2) is 4.79 Å². The standard InChI is InChI=1S/C21H34N4O3.HI/c1-21(2,3)28-20(26)25-12-10-16(11-13-25)14-23-19(22-4)24-15-17-8-6-7-9-18(17)27-5;/h6-9,16H,10-15H2,1-5H3,(H2,22,23,24);1H. The van der Waals surface area contributed by atoms with E-state index >= 15 is 0 Å². The van der Waals surface area contributed by atoms with Crippen molar-refractivity contribution >= 4 is 36.0 Å². The van der Waals surface area contributed by atoms with E-state index in [1.807, 2.05) is 45.0 Å². The zero-order chi connectivity index (χ0) is 20.6. The first-order valence-corrected chi connectivity index (χ1v) is 9.86. The predicted octanol–water partition coefficient (Wildman–Crippen LogP) is 3.63. The molecule has 2 rings (SSSR count). The van der Waals surface area contributed by atoms with Crippen molar-refractivity contribution in [3.63, 3.8) is 0 Å². The maximum Gasteiger partial charge on any atom is 0.410 e. The van der Waals surface area contributed by atoms with Gasteiger partial charge in [-0.2, -0.15) is 0 Å². The van der Waals surface area contributed by atoms with E-state index in [9.17, 15) is 4.79 Å². The highest BCUT2D eigenvalue weighted by Crippen LogP contribution is 2.19. The van der Waals surface area contributed by atoms with Gasteiger partial charge in [0.15, 0.2) is 5.96 Å². The number of nitrogens with zero attached hydrogens (tertiary/aromatic N) is 2. The molecule has 1 heterocycles. The van der Waals surface area contributed by atoms with Crippen LogP contribution in [0.2, 0.25) is 0 Å². The summed E-state index contributed by atoms with van der Waals surface area (Å²) in [6.07, 6.45) is 1.69. The van der Waals surface area contributed by atoms with E-state index in [-0.39, 0.29) is 30.1 Å². The second-order valence-electron chi connectivity index (χ2n) is 8.03. The minimum Gasteiger partial charge on any atom is -0.496 e. The average molecular weight is 518 g/mol. The molecule has 1 saturated heterocycles. The molecule has 164 valence electrons. The largest absolute Gasteiger partial charge is 0.496 e. The smallest absolute Gasteiger partial charge is 0.410 e. The number of carbonyl (C=O) groups excluding carboxylic acids is 1. The molecule has 1 aliphatic rings. The molecule has 7 nitrogen and oxygen atoms in total. The molecule has 1 amide bonds. The van der Waals surface area contributed by atoms with E-state index in [1.54, 1.807) is 19.1 Å². The van der Waals surface area contributed by atoms with Gasteiger partial charge in [0, 0.05) is 38.8 Å². The second kappa shape index (κ2) is 12.1. The van der Waals surface area contributed by atoms with Crippen molar-refractivity contribution in [1.82, 2.24) is 15.5 Å². The summed E-state index contributed by atoms with van der Waals surface area (Å²) in [4.78, 5) is 18.3. The van der Waals surface area contributed by atoms with E-state index in [2.05, 4.69) is 15.6 Å². The number of hydrogen-bond donors (Lipinski definition) is 2. The number of para-hydroxylation sites is 1. The van der Waals surface area contributed by atoms with Crippen LogP contribution in [0.1, 0.15) is 39.2 Å². The van der Waals surface area contributed by atoms with Gasteiger partial charge in [0.1, 0.15) is 11.4 Å². The van der Waals surface area contributed by atoms with Crippen molar-refractivity contribution in [2.45, 2.75) is 45.8 Å². The fourth-order valence-electron chi connectivity index (χ4n) is 3.14. The number of amides is 1. The van der Waals surface area contributed by atoms with E-state index in [4.69, 9.17) is 9.47 Å². The summed E-state index contributed by atoms with van der Waals surface area (Å²) >= 11 is 0. The third-order valence-corrected chi connectivity index (χ3v) is 4.69. The molecule has 2 N–H and O–H groups in total. The summed E-state index contributed by atoms with van der Waals surface area (Å²) in [6, 6.07) is 7.93. The SMILES string of the molecule is CN=C(NCc1ccccc1OC)NCC1CCN(C(=O)OC(C)(C)C)CC1.I. The highest BCUT2D eigenvalue weighted by Gasteiger charge is 2.26. The van der Waals surface area contributed by atoms with Gasteiger partial charge in [0.25, 0.3) is 0 Å². The van der Waals surface area contributed by atoms with Gasteiger partial charge >= 0.3 is 6.09 Å². The first kappa shape index (κ1) is 25.3. The van der Waals surface area contributed by atoms with Crippen molar-refractivity contribution in [2.24, 2.45) is 10.9 Å². The summed E-state index contributed by atoms with van der Waals surface area (Å²) < 4.78 is 10.8. The second-order valence-corrected chi connectivity index (χ2v) is 8.03. The van der Waals surface area contributed by atoms with Crippen LogP contribution in [0.25, 0.3) is 0 Å². The van der Waals surface area contributed by atoms with Gasteiger partial charge in [-0.1, -0.05) is 18.2 Å². The average Bonchev–Trinajstić information content (AvgIpc) is 2.67. The molecule has 0 spiro atoms. The Morgan fingerprint density at radius 3 is 2.45 bits per heavy atom. The van der Waals surface area contributed by atoms with Crippen molar-refractivity contribution in [3.8, 4) is 5.75 Å². The van der Waals surface area contributed by atoms with Gasteiger partial charge in [-0.15, -0.1) is 24.0 Å². The Morgan fingerprint density at radius 2 is 1.86 bits per heavy atom. The van der Waals surface area contributed by atoms with Crippen LogP contribution in [0.3, 0.4) is 0 Å². The summed E-state index contributed by atoms with van der Waals surface area (Å²) in [5, 5.41) is 6.72. The van der Waals surface area contributed by atoms with Crippen LogP contribution in [0.4, 0.5) is 4.79 Å². The maximum atomic E-state index is 12.2. The lowest BCUT2D eigenvalue weighted by molar-refractivity contribution is 0.0185. The molecule has 1 aliphatic heterocycles. The summed E-state index contributed by atoms with van der Waals surface area (Å²) in [7, 11) is 3.44. The molecule has 0 saturated carbocycles. The number of methoxy groups -OCH3 is 1. The van der Waals surface area contributed by atoms with Gasteiger partial charge in [0.05, 0.1) is 7.11 Å². The Labute approximate surface area is 191 Å². The Kier molecular flexibility index (Phi) is 10.6.